The van der Waals surface area contributed by atoms with Gasteiger partial charge >= 0.3 is 5.97 Å². The molecule has 0 aliphatic rings. The molecule has 6 heteroatoms. The lowest BCUT2D eigenvalue weighted by atomic mass is 10.1. The topological polar surface area (TPSA) is 57.7 Å². The number of rotatable bonds is 10. The standard InChI is InChI=1S/C19H25NO4S/c1-14(2)9-10-22-15(3)19(21)24-11-16-13-25-18(20-16)12-23-17-7-5-4-6-8-17/h4-8,13-15H,9-12H2,1-3H3. The van der Waals surface area contributed by atoms with Gasteiger partial charge in [0.15, 0.2) is 6.10 Å². The van der Waals surface area contributed by atoms with E-state index in [4.69, 9.17) is 14.2 Å². The number of ether oxygens (including phenoxy) is 3. The third-order valence-electron chi connectivity index (χ3n) is 3.46. The molecule has 0 saturated carbocycles. The first-order chi connectivity index (χ1) is 12.0. The molecule has 5 nitrogen and oxygen atoms in total. The maximum absolute atomic E-state index is 11.9. The number of aromatic nitrogens is 1. The van der Waals surface area contributed by atoms with Gasteiger partial charge in [0.25, 0.3) is 0 Å². The van der Waals surface area contributed by atoms with Crippen LogP contribution in [-0.2, 0) is 27.5 Å². The van der Waals surface area contributed by atoms with Crippen LogP contribution in [0.4, 0.5) is 0 Å². The summed E-state index contributed by atoms with van der Waals surface area (Å²) >= 11 is 1.49. The Kier molecular flexibility index (Phi) is 7.88. The number of carbonyl (C=O) groups excluding carboxylic acids is 1. The number of carbonyl (C=O) groups is 1. The first kappa shape index (κ1) is 19.4. The number of nitrogens with zero attached hydrogens (tertiary/aromatic N) is 1. The fraction of sp³-hybridized carbons (Fsp3) is 0.474. The van der Waals surface area contributed by atoms with Crippen molar-refractivity contribution < 1.29 is 19.0 Å². The van der Waals surface area contributed by atoms with Gasteiger partial charge in [0.2, 0.25) is 0 Å². The molecule has 0 aliphatic carbocycles. The van der Waals surface area contributed by atoms with Gasteiger partial charge in [-0.1, -0.05) is 32.0 Å². The van der Waals surface area contributed by atoms with Gasteiger partial charge in [0.05, 0.1) is 5.69 Å². The maximum atomic E-state index is 11.9. The Bertz CT molecular complexity index is 642. The summed E-state index contributed by atoms with van der Waals surface area (Å²) in [6.07, 6.45) is 0.368. The van der Waals surface area contributed by atoms with E-state index in [1.165, 1.54) is 11.3 Å². The summed E-state index contributed by atoms with van der Waals surface area (Å²) in [7, 11) is 0. The summed E-state index contributed by atoms with van der Waals surface area (Å²) in [6, 6.07) is 9.59. The molecule has 1 aromatic heterocycles. The molecule has 25 heavy (non-hydrogen) atoms. The van der Waals surface area contributed by atoms with Gasteiger partial charge in [-0.05, 0) is 31.4 Å². The summed E-state index contributed by atoms with van der Waals surface area (Å²) in [5, 5.41) is 2.72. The molecular formula is C19H25NO4S. The van der Waals surface area contributed by atoms with E-state index in [1.54, 1.807) is 6.92 Å². The number of para-hydroxylation sites is 1. The van der Waals surface area contributed by atoms with Crippen LogP contribution in [0, 0.1) is 5.92 Å². The molecule has 2 aromatic rings. The molecule has 0 spiro atoms. The maximum Gasteiger partial charge on any atom is 0.335 e. The lowest BCUT2D eigenvalue weighted by molar-refractivity contribution is -0.157. The van der Waals surface area contributed by atoms with Crippen molar-refractivity contribution in [1.82, 2.24) is 4.98 Å². The zero-order valence-corrected chi connectivity index (χ0v) is 15.8. The highest BCUT2D eigenvalue weighted by Gasteiger charge is 2.16. The molecule has 2 rings (SSSR count). The van der Waals surface area contributed by atoms with Crippen LogP contribution in [-0.4, -0.2) is 23.7 Å². The predicted octanol–water partition coefficient (Wildman–Crippen LogP) is 4.22. The van der Waals surface area contributed by atoms with Crippen LogP contribution >= 0.6 is 11.3 Å². The van der Waals surface area contributed by atoms with Crippen molar-refractivity contribution in [1.29, 1.82) is 0 Å². The highest BCUT2D eigenvalue weighted by Crippen LogP contribution is 2.15. The summed E-state index contributed by atoms with van der Waals surface area (Å²) in [5.41, 5.74) is 0.722. The Morgan fingerprint density at radius 2 is 1.92 bits per heavy atom. The molecule has 0 saturated heterocycles. The molecule has 1 aromatic carbocycles. The van der Waals surface area contributed by atoms with Crippen LogP contribution in [0.25, 0.3) is 0 Å². The van der Waals surface area contributed by atoms with E-state index in [-0.39, 0.29) is 12.6 Å². The van der Waals surface area contributed by atoms with Crippen molar-refractivity contribution in [2.75, 3.05) is 6.61 Å². The quantitative estimate of drug-likeness (QED) is 0.592. The third kappa shape index (κ3) is 7.23. The van der Waals surface area contributed by atoms with Gasteiger partial charge in [-0.25, -0.2) is 9.78 Å². The third-order valence-corrected chi connectivity index (χ3v) is 4.33. The van der Waals surface area contributed by atoms with Gasteiger partial charge in [-0.2, -0.15) is 0 Å². The summed E-state index contributed by atoms with van der Waals surface area (Å²) in [4.78, 5) is 16.3. The summed E-state index contributed by atoms with van der Waals surface area (Å²) in [5.74, 6) is 0.992. The lowest BCUT2D eigenvalue weighted by Gasteiger charge is -2.13. The lowest BCUT2D eigenvalue weighted by Crippen LogP contribution is -2.24. The van der Waals surface area contributed by atoms with Crippen LogP contribution < -0.4 is 4.74 Å². The average molecular weight is 363 g/mol. The smallest absolute Gasteiger partial charge is 0.335 e. The molecule has 136 valence electrons. The molecule has 0 amide bonds. The minimum atomic E-state index is -0.557. The Balaban J connectivity index is 1.70. The minimum absolute atomic E-state index is 0.151. The highest BCUT2D eigenvalue weighted by atomic mass is 32.1. The molecule has 1 unspecified atom stereocenters. The van der Waals surface area contributed by atoms with Crippen molar-refractivity contribution in [3.63, 3.8) is 0 Å². The molecule has 0 aliphatic heterocycles. The number of hydrogen-bond acceptors (Lipinski definition) is 6. The van der Waals surface area contributed by atoms with E-state index in [1.807, 2.05) is 35.7 Å². The fourth-order valence-electron chi connectivity index (χ4n) is 1.95. The van der Waals surface area contributed by atoms with Crippen LogP contribution in [0.3, 0.4) is 0 Å². The summed E-state index contributed by atoms with van der Waals surface area (Å²) in [6.45, 7) is 7.06. The van der Waals surface area contributed by atoms with Gasteiger partial charge < -0.3 is 14.2 Å². The van der Waals surface area contributed by atoms with Crippen molar-refractivity contribution in [3.05, 3.63) is 46.4 Å². The fourth-order valence-corrected chi connectivity index (χ4v) is 2.64. The van der Waals surface area contributed by atoms with Gasteiger partial charge in [-0.3, -0.25) is 0 Å². The molecule has 0 N–H and O–H groups in total. The van der Waals surface area contributed by atoms with Crippen molar-refractivity contribution in [2.24, 2.45) is 5.92 Å². The van der Waals surface area contributed by atoms with Crippen LogP contribution in [0.2, 0.25) is 0 Å². The van der Waals surface area contributed by atoms with E-state index in [0.717, 1.165) is 22.9 Å². The molecule has 1 heterocycles. The molecular weight excluding hydrogens is 338 g/mol. The summed E-state index contributed by atoms with van der Waals surface area (Å²) < 4.78 is 16.4. The highest BCUT2D eigenvalue weighted by molar-refractivity contribution is 7.09. The van der Waals surface area contributed by atoms with Crippen molar-refractivity contribution in [3.8, 4) is 5.75 Å². The van der Waals surface area contributed by atoms with E-state index in [9.17, 15) is 4.79 Å². The first-order valence-electron chi connectivity index (χ1n) is 8.44. The largest absolute Gasteiger partial charge is 0.486 e. The van der Waals surface area contributed by atoms with E-state index in [2.05, 4.69) is 18.8 Å². The minimum Gasteiger partial charge on any atom is -0.486 e. The predicted molar refractivity (Wildman–Crippen MR) is 97.6 cm³/mol. The monoisotopic (exact) mass is 363 g/mol. The van der Waals surface area contributed by atoms with E-state index < -0.39 is 6.10 Å². The second-order valence-electron chi connectivity index (χ2n) is 6.14. The van der Waals surface area contributed by atoms with Crippen molar-refractivity contribution >= 4 is 17.3 Å². The first-order valence-corrected chi connectivity index (χ1v) is 9.32. The molecule has 0 fully saturated rings. The van der Waals surface area contributed by atoms with E-state index >= 15 is 0 Å². The number of benzene rings is 1. The zero-order chi connectivity index (χ0) is 18.1. The number of hydrogen-bond donors (Lipinski definition) is 0. The SMILES string of the molecule is CC(C)CCOC(C)C(=O)OCc1csc(COc2ccccc2)n1. The normalized spacial score (nSPS) is 12.2. The number of esters is 1. The molecule has 0 bridgehead atoms. The van der Waals surface area contributed by atoms with Crippen LogP contribution in [0.1, 0.15) is 37.9 Å². The number of thiazole rings is 1. The van der Waals surface area contributed by atoms with Gasteiger partial charge in [0, 0.05) is 12.0 Å². The van der Waals surface area contributed by atoms with Crippen LogP contribution in [0.5, 0.6) is 5.75 Å². The Hall–Kier alpha value is -1.92. The Morgan fingerprint density at radius 1 is 1.16 bits per heavy atom. The second kappa shape index (κ2) is 10.2. The Morgan fingerprint density at radius 3 is 2.64 bits per heavy atom. The van der Waals surface area contributed by atoms with Gasteiger partial charge in [0.1, 0.15) is 24.0 Å². The Labute approximate surface area is 153 Å². The average Bonchev–Trinajstić information content (AvgIpc) is 3.06. The van der Waals surface area contributed by atoms with E-state index in [0.29, 0.717) is 19.1 Å². The molecule has 1 atom stereocenters. The van der Waals surface area contributed by atoms with Crippen LogP contribution in [0.15, 0.2) is 35.7 Å². The van der Waals surface area contributed by atoms with Gasteiger partial charge in [-0.15, -0.1) is 11.3 Å². The van der Waals surface area contributed by atoms with Crippen molar-refractivity contribution in [2.45, 2.75) is 46.5 Å². The second-order valence-corrected chi connectivity index (χ2v) is 7.08. The zero-order valence-electron chi connectivity index (χ0n) is 14.9. The molecule has 0 radical (unpaired) electrons.